The van der Waals surface area contributed by atoms with Crippen molar-refractivity contribution in [2.45, 2.75) is 58.3 Å². The first-order valence-corrected chi connectivity index (χ1v) is 7.29. The van der Waals surface area contributed by atoms with E-state index in [9.17, 15) is 4.79 Å². The Morgan fingerprint density at radius 2 is 1.84 bits per heavy atom. The van der Waals surface area contributed by atoms with Crippen molar-refractivity contribution >= 4 is 5.91 Å². The van der Waals surface area contributed by atoms with Crippen molar-refractivity contribution in [3.05, 3.63) is 35.9 Å². The van der Waals surface area contributed by atoms with Crippen LogP contribution in [0.25, 0.3) is 0 Å². The van der Waals surface area contributed by atoms with E-state index in [0.717, 1.165) is 19.3 Å². The highest BCUT2D eigenvalue weighted by molar-refractivity contribution is 5.85. The molecule has 2 atom stereocenters. The van der Waals surface area contributed by atoms with Crippen LogP contribution in [0.5, 0.6) is 0 Å². The Bertz CT molecular complexity index is 414. The first-order valence-electron chi connectivity index (χ1n) is 7.29. The van der Waals surface area contributed by atoms with Gasteiger partial charge in [0.25, 0.3) is 0 Å². The van der Waals surface area contributed by atoms with Crippen LogP contribution in [0.1, 0.15) is 39.2 Å². The maximum absolute atomic E-state index is 12.5. The lowest BCUT2D eigenvalue weighted by atomic mass is 10.1. The summed E-state index contributed by atoms with van der Waals surface area (Å²) in [5.41, 5.74) is 1.21. The highest BCUT2D eigenvalue weighted by atomic mass is 16.2. The Morgan fingerprint density at radius 3 is 2.42 bits per heavy atom. The van der Waals surface area contributed by atoms with Crippen molar-refractivity contribution in [1.29, 1.82) is 0 Å². The molecule has 1 N–H and O–H groups in total. The average molecular weight is 260 g/mol. The van der Waals surface area contributed by atoms with Gasteiger partial charge in [0.2, 0.25) is 5.91 Å². The number of rotatable bonds is 5. The Hall–Kier alpha value is -1.35. The van der Waals surface area contributed by atoms with E-state index in [0.29, 0.717) is 6.04 Å². The highest BCUT2D eigenvalue weighted by Gasteiger charge is 2.38. The Balaban J connectivity index is 2.07. The SMILES string of the molecule is CCC(CC)N1C(=O)C(Cc2ccccc2)NC1C. The van der Waals surface area contributed by atoms with Gasteiger partial charge >= 0.3 is 0 Å². The molecule has 19 heavy (non-hydrogen) atoms. The molecular weight excluding hydrogens is 236 g/mol. The van der Waals surface area contributed by atoms with Gasteiger partial charge in [0.15, 0.2) is 0 Å². The summed E-state index contributed by atoms with van der Waals surface area (Å²) in [5.74, 6) is 0.255. The Kier molecular flexibility index (Phi) is 4.59. The summed E-state index contributed by atoms with van der Waals surface area (Å²) in [6, 6.07) is 10.5. The lowest BCUT2D eigenvalue weighted by Crippen LogP contribution is -2.42. The number of carbonyl (C=O) groups is 1. The predicted octanol–water partition coefficient (Wildman–Crippen LogP) is 2.56. The van der Waals surface area contributed by atoms with Crippen LogP contribution in [0.3, 0.4) is 0 Å². The maximum atomic E-state index is 12.5. The van der Waals surface area contributed by atoms with E-state index in [4.69, 9.17) is 0 Å². The third-order valence-corrected chi connectivity index (χ3v) is 4.03. The first-order chi connectivity index (χ1) is 9.17. The third kappa shape index (κ3) is 2.98. The molecule has 1 fully saturated rings. The van der Waals surface area contributed by atoms with Gasteiger partial charge in [0.1, 0.15) is 0 Å². The Morgan fingerprint density at radius 1 is 1.21 bits per heavy atom. The standard InChI is InChI=1S/C16H24N2O/c1-4-14(5-2)18-12(3)17-15(16(18)19)11-13-9-7-6-8-10-13/h6-10,12,14-15,17H,4-5,11H2,1-3H3. The van der Waals surface area contributed by atoms with E-state index in [2.05, 4.69) is 38.2 Å². The normalized spacial score (nSPS) is 23.4. The van der Waals surface area contributed by atoms with E-state index in [1.54, 1.807) is 0 Å². The number of nitrogens with one attached hydrogen (secondary N) is 1. The number of carbonyl (C=O) groups excluding carboxylic acids is 1. The van der Waals surface area contributed by atoms with Gasteiger partial charge in [-0.05, 0) is 31.7 Å². The summed E-state index contributed by atoms with van der Waals surface area (Å²) in [7, 11) is 0. The average Bonchev–Trinajstić information content (AvgIpc) is 2.69. The van der Waals surface area contributed by atoms with Gasteiger partial charge in [-0.15, -0.1) is 0 Å². The molecule has 0 bridgehead atoms. The number of hydrogen-bond acceptors (Lipinski definition) is 2. The van der Waals surface area contributed by atoms with Gasteiger partial charge in [-0.25, -0.2) is 0 Å². The molecule has 1 aliphatic heterocycles. The van der Waals surface area contributed by atoms with E-state index in [1.165, 1.54) is 5.56 Å². The molecule has 0 aliphatic carbocycles. The molecule has 0 spiro atoms. The molecule has 0 radical (unpaired) electrons. The smallest absolute Gasteiger partial charge is 0.241 e. The number of benzene rings is 1. The molecule has 2 rings (SSSR count). The largest absolute Gasteiger partial charge is 0.323 e. The van der Waals surface area contributed by atoms with Crippen LogP contribution in [0, 0.1) is 0 Å². The zero-order valence-corrected chi connectivity index (χ0v) is 12.1. The number of amides is 1. The zero-order chi connectivity index (χ0) is 13.8. The van der Waals surface area contributed by atoms with Crippen LogP contribution in [0.4, 0.5) is 0 Å². The fraction of sp³-hybridized carbons (Fsp3) is 0.562. The summed E-state index contributed by atoms with van der Waals surface area (Å²) in [4.78, 5) is 14.6. The second kappa shape index (κ2) is 6.20. The Labute approximate surface area is 116 Å². The summed E-state index contributed by atoms with van der Waals surface area (Å²) in [6.45, 7) is 6.39. The molecule has 1 aromatic rings. The first kappa shape index (κ1) is 14.1. The van der Waals surface area contributed by atoms with Crippen LogP contribution in [0.15, 0.2) is 30.3 Å². The minimum Gasteiger partial charge on any atom is -0.323 e. The molecule has 104 valence electrons. The second-order valence-electron chi connectivity index (χ2n) is 5.30. The maximum Gasteiger partial charge on any atom is 0.241 e. The summed E-state index contributed by atoms with van der Waals surface area (Å²) >= 11 is 0. The fourth-order valence-electron chi connectivity index (χ4n) is 2.99. The lowest BCUT2D eigenvalue weighted by molar-refractivity contribution is -0.132. The van der Waals surface area contributed by atoms with Gasteiger partial charge in [0, 0.05) is 6.04 Å². The molecular formula is C16H24N2O. The van der Waals surface area contributed by atoms with Crippen molar-refractivity contribution in [3.8, 4) is 0 Å². The van der Waals surface area contributed by atoms with Crippen molar-refractivity contribution < 1.29 is 4.79 Å². The molecule has 1 heterocycles. The van der Waals surface area contributed by atoms with E-state index >= 15 is 0 Å². The van der Waals surface area contributed by atoms with Crippen LogP contribution >= 0.6 is 0 Å². The highest BCUT2D eigenvalue weighted by Crippen LogP contribution is 2.20. The molecule has 0 saturated carbocycles. The molecule has 2 unspecified atom stereocenters. The third-order valence-electron chi connectivity index (χ3n) is 4.03. The molecule has 3 nitrogen and oxygen atoms in total. The van der Waals surface area contributed by atoms with Crippen LogP contribution < -0.4 is 5.32 Å². The van der Waals surface area contributed by atoms with Crippen molar-refractivity contribution in [2.24, 2.45) is 0 Å². The van der Waals surface area contributed by atoms with Gasteiger partial charge in [-0.1, -0.05) is 44.2 Å². The van der Waals surface area contributed by atoms with Gasteiger partial charge in [-0.3, -0.25) is 10.1 Å². The van der Waals surface area contributed by atoms with Gasteiger partial charge in [-0.2, -0.15) is 0 Å². The summed E-state index contributed by atoms with van der Waals surface area (Å²) in [5, 5.41) is 3.43. The fourth-order valence-corrected chi connectivity index (χ4v) is 2.99. The molecule has 1 aromatic carbocycles. The second-order valence-corrected chi connectivity index (χ2v) is 5.30. The molecule has 1 saturated heterocycles. The quantitative estimate of drug-likeness (QED) is 0.882. The molecule has 0 aromatic heterocycles. The van der Waals surface area contributed by atoms with Crippen LogP contribution in [-0.4, -0.2) is 29.1 Å². The molecule has 1 aliphatic rings. The number of nitrogens with zero attached hydrogens (tertiary/aromatic N) is 1. The topological polar surface area (TPSA) is 32.3 Å². The lowest BCUT2D eigenvalue weighted by Gasteiger charge is -2.29. The van der Waals surface area contributed by atoms with Crippen molar-refractivity contribution in [2.75, 3.05) is 0 Å². The minimum atomic E-state index is -0.0713. The summed E-state index contributed by atoms with van der Waals surface area (Å²) < 4.78 is 0. The van der Waals surface area contributed by atoms with Crippen LogP contribution in [0.2, 0.25) is 0 Å². The van der Waals surface area contributed by atoms with E-state index in [1.807, 2.05) is 23.1 Å². The van der Waals surface area contributed by atoms with E-state index < -0.39 is 0 Å². The molecule has 1 amide bonds. The predicted molar refractivity (Wildman–Crippen MR) is 77.7 cm³/mol. The van der Waals surface area contributed by atoms with Crippen molar-refractivity contribution in [3.63, 3.8) is 0 Å². The van der Waals surface area contributed by atoms with Crippen molar-refractivity contribution in [1.82, 2.24) is 10.2 Å². The summed E-state index contributed by atoms with van der Waals surface area (Å²) in [6.07, 6.45) is 2.96. The number of hydrogen-bond donors (Lipinski definition) is 1. The zero-order valence-electron chi connectivity index (χ0n) is 12.1. The van der Waals surface area contributed by atoms with Gasteiger partial charge in [0.05, 0.1) is 12.2 Å². The monoisotopic (exact) mass is 260 g/mol. The molecule has 3 heteroatoms. The van der Waals surface area contributed by atoms with E-state index in [-0.39, 0.29) is 18.1 Å². The van der Waals surface area contributed by atoms with Gasteiger partial charge < -0.3 is 4.90 Å². The minimum absolute atomic E-state index is 0.0713. The van der Waals surface area contributed by atoms with Crippen LogP contribution in [-0.2, 0) is 11.2 Å².